The number of likely N-dealkylation sites (tertiary alicyclic amines) is 1. The first kappa shape index (κ1) is 24.6. The van der Waals surface area contributed by atoms with Crippen molar-refractivity contribution in [1.82, 2.24) is 29.5 Å². The van der Waals surface area contributed by atoms with E-state index in [1.54, 1.807) is 11.7 Å². The number of aromatic amines is 1. The highest BCUT2D eigenvalue weighted by Crippen LogP contribution is 2.35. The molecule has 1 saturated heterocycles. The Morgan fingerprint density at radius 2 is 2.08 bits per heavy atom. The Morgan fingerprint density at radius 3 is 2.81 bits per heavy atom. The lowest BCUT2D eigenvalue weighted by atomic mass is 9.83. The maximum Gasteiger partial charge on any atom is 0.269 e. The first-order valence-electron chi connectivity index (χ1n) is 12.6. The number of H-pyrrole nitrogens is 1. The van der Waals surface area contributed by atoms with Gasteiger partial charge in [0.05, 0.1) is 24.1 Å². The lowest BCUT2D eigenvalue weighted by Crippen LogP contribution is -2.48. The van der Waals surface area contributed by atoms with Crippen molar-refractivity contribution < 1.29 is 14.6 Å². The molecular formula is C26H34N6O4. The van der Waals surface area contributed by atoms with E-state index in [2.05, 4.69) is 20.1 Å². The minimum absolute atomic E-state index is 0.184. The number of piperidine rings is 1. The molecule has 3 aromatic rings. The quantitative estimate of drug-likeness (QED) is 0.463. The number of fused-ring (bicyclic) bond motifs is 1. The van der Waals surface area contributed by atoms with Crippen molar-refractivity contribution in [2.75, 3.05) is 40.4 Å². The second-order valence-electron chi connectivity index (χ2n) is 10.2. The summed E-state index contributed by atoms with van der Waals surface area (Å²) in [5, 5.41) is 18.8. The van der Waals surface area contributed by atoms with Crippen LogP contribution in [0.5, 0.6) is 0 Å². The summed E-state index contributed by atoms with van der Waals surface area (Å²) in [7, 11) is 3.71. The molecule has 2 N–H and O–H groups in total. The second kappa shape index (κ2) is 10.1. The van der Waals surface area contributed by atoms with Crippen molar-refractivity contribution in [3.8, 4) is 5.69 Å². The molecule has 0 atom stereocenters. The predicted octanol–water partition coefficient (Wildman–Crippen LogP) is 1.49. The van der Waals surface area contributed by atoms with Crippen LogP contribution in [0.2, 0.25) is 0 Å². The molecule has 2 fully saturated rings. The molecule has 1 saturated carbocycles. The summed E-state index contributed by atoms with van der Waals surface area (Å²) in [6.45, 7) is 3.12. The molecule has 10 heteroatoms. The highest BCUT2D eigenvalue weighted by Gasteiger charge is 2.39. The number of carbonyl (C=O) groups is 1. The number of amides is 1. The van der Waals surface area contributed by atoms with Crippen LogP contribution >= 0.6 is 0 Å². The van der Waals surface area contributed by atoms with Crippen LogP contribution in [-0.2, 0) is 22.5 Å². The fourth-order valence-corrected chi connectivity index (χ4v) is 5.06. The number of nitrogens with one attached hydrogen (secondary N) is 1. The Bertz CT molecular complexity index is 1290. The van der Waals surface area contributed by atoms with Gasteiger partial charge in [-0.3, -0.25) is 24.2 Å². The molecule has 1 amide bonds. The zero-order valence-electron chi connectivity index (χ0n) is 20.9. The van der Waals surface area contributed by atoms with Gasteiger partial charge >= 0.3 is 0 Å². The molecule has 0 unspecified atom stereocenters. The van der Waals surface area contributed by atoms with E-state index in [9.17, 15) is 14.7 Å². The van der Waals surface area contributed by atoms with Crippen molar-refractivity contribution in [2.45, 2.75) is 44.2 Å². The standard InChI is InChI=1S/C26H34N6O4/c1-30(12-13-36-2)16-19-4-3-5-22(32-17-27-23-21(25(32)34)15-28-29-23)20(19)14-26(35)8-10-31(11-9-26)24(33)18-6-7-18/h3-5,15,17-18,35H,6-14,16H2,1-2H3,(H,28,29). The monoisotopic (exact) mass is 494 g/mol. The van der Waals surface area contributed by atoms with E-state index in [0.29, 0.717) is 62.2 Å². The molecule has 192 valence electrons. The van der Waals surface area contributed by atoms with Gasteiger partial charge in [-0.25, -0.2) is 4.98 Å². The largest absolute Gasteiger partial charge is 0.389 e. The molecular weight excluding hydrogens is 460 g/mol. The van der Waals surface area contributed by atoms with E-state index in [0.717, 1.165) is 30.5 Å². The maximum atomic E-state index is 13.3. The number of ether oxygens (including phenoxy) is 1. The number of hydrogen-bond acceptors (Lipinski definition) is 7. The summed E-state index contributed by atoms with van der Waals surface area (Å²) in [5.74, 6) is 0.410. The van der Waals surface area contributed by atoms with Gasteiger partial charge in [-0.2, -0.15) is 5.10 Å². The van der Waals surface area contributed by atoms with Gasteiger partial charge in [-0.15, -0.1) is 0 Å². The number of methoxy groups -OCH3 is 1. The Labute approximate surface area is 209 Å². The number of rotatable bonds is 9. The Morgan fingerprint density at radius 1 is 1.31 bits per heavy atom. The smallest absolute Gasteiger partial charge is 0.269 e. The van der Waals surface area contributed by atoms with Gasteiger partial charge < -0.3 is 14.7 Å². The molecule has 2 aliphatic rings. The molecule has 1 aliphatic carbocycles. The van der Waals surface area contributed by atoms with Crippen molar-refractivity contribution in [1.29, 1.82) is 0 Å². The molecule has 1 aromatic carbocycles. The molecule has 0 bridgehead atoms. The number of aromatic nitrogens is 4. The molecule has 3 heterocycles. The average Bonchev–Trinajstić information content (AvgIpc) is 3.61. The van der Waals surface area contributed by atoms with E-state index < -0.39 is 5.60 Å². The van der Waals surface area contributed by atoms with Crippen LogP contribution in [0.15, 0.2) is 35.5 Å². The van der Waals surface area contributed by atoms with E-state index in [1.165, 1.54) is 12.5 Å². The third-order valence-electron chi connectivity index (χ3n) is 7.43. The van der Waals surface area contributed by atoms with Gasteiger partial charge in [0.25, 0.3) is 5.56 Å². The van der Waals surface area contributed by atoms with Crippen molar-refractivity contribution >= 4 is 16.9 Å². The summed E-state index contributed by atoms with van der Waals surface area (Å²) in [4.78, 5) is 34.3. The highest BCUT2D eigenvalue weighted by molar-refractivity contribution is 5.81. The topological polar surface area (TPSA) is 117 Å². The van der Waals surface area contributed by atoms with Crippen LogP contribution in [0.4, 0.5) is 0 Å². The lowest BCUT2D eigenvalue weighted by Gasteiger charge is -2.39. The summed E-state index contributed by atoms with van der Waals surface area (Å²) in [5.41, 5.74) is 1.93. The Hall–Kier alpha value is -3.08. The summed E-state index contributed by atoms with van der Waals surface area (Å²) in [6.07, 6.45) is 6.37. The number of benzene rings is 1. The highest BCUT2D eigenvalue weighted by atomic mass is 16.5. The van der Waals surface area contributed by atoms with Crippen molar-refractivity contribution in [3.05, 3.63) is 52.2 Å². The minimum Gasteiger partial charge on any atom is -0.389 e. The van der Waals surface area contributed by atoms with Crippen LogP contribution in [0.1, 0.15) is 36.8 Å². The molecule has 10 nitrogen and oxygen atoms in total. The minimum atomic E-state index is -0.965. The zero-order valence-corrected chi connectivity index (χ0v) is 20.9. The van der Waals surface area contributed by atoms with Gasteiger partial charge in [0.2, 0.25) is 5.91 Å². The SMILES string of the molecule is COCCN(C)Cc1cccc(-n2cnc3[nH]ncc3c2=O)c1CC1(O)CCN(C(=O)C2CC2)CC1. The van der Waals surface area contributed by atoms with Crippen LogP contribution in [-0.4, -0.2) is 86.6 Å². The molecule has 5 rings (SSSR count). The molecule has 36 heavy (non-hydrogen) atoms. The van der Waals surface area contributed by atoms with Crippen LogP contribution in [0.25, 0.3) is 16.7 Å². The zero-order chi connectivity index (χ0) is 25.3. The summed E-state index contributed by atoms with van der Waals surface area (Å²) >= 11 is 0. The van der Waals surface area contributed by atoms with Crippen molar-refractivity contribution in [2.24, 2.45) is 5.92 Å². The first-order chi connectivity index (χ1) is 17.4. The van der Waals surface area contributed by atoms with Gasteiger partial charge in [0.1, 0.15) is 11.7 Å². The molecule has 0 radical (unpaired) electrons. The second-order valence-corrected chi connectivity index (χ2v) is 10.2. The lowest BCUT2D eigenvalue weighted by molar-refractivity contribution is -0.136. The third kappa shape index (κ3) is 5.07. The van der Waals surface area contributed by atoms with Gasteiger partial charge in [0, 0.05) is 45.6 Å². The summed E-state index contributed by atoms with van der Waals surface area (Å²) < 4.78 is 6.78. The Kier molecular flexibility index (Phi) is 6.92. The molecule has 1 aliphatic heterocycles. The number of nitrogens with zero attached hydrogens (tertiary/aromatic N) is 5. The average molecular weight is 495 g/mol. The van der Waals surface area contributed by atoms with E-state index in [1.807, 2.05) is 30.1 Å². The first-order valence-corrected chi connectivity index (χ1v) is 12.6. The third-order valence-corrected chi connectivity index (χ3v) is 7.43. The fourth-order valence-electron chi connectivity index (χ4n) is 5.06. The van der Waals surface area contributed by atoms with E-state index >= 15 is 0 Å². The predicted molar refractivity (Wildman–Crippen MR) is 135 cm³/mol. The molecule has 2 aromatic heterocycles. The van der Waals surface area contributed by atoms with E-state index in [4.69, 9.17) is 4.74 Å². The number of likely N-dealkylation sites (N-methyl/N-ethyl adjacent to an activating group) is 1. The van der Waals surface area contributed by atoms with Gasteiger partial charge in [0.15, 0.2) is 5.65 Å². The van der Waals surface area contributed by atoms with Crippen LogP contribution in [0, 0.1) is 5.92 Å². The van der Waals surface area contributed by atoms with Crippen LogP contribution < -0.4 is 5.56 Å². The van der Waals surface area contributed by atoms with Crippen LogP contribution in [0.3, 0.4) is 0 Å². The molecule has 0 spiro atoms. The maximum absolute atomic E-state index is 13.3. The van der Waals surface area contributed by atoms with Gasteiger partial charge in [-0.1, -0.05) is 12.1 Å². The van der Waals surface area contributed by atoms with Crippen molar-refractivity contribution in [3.63, 3.8) is 0 Å². The number of aliphatic hydroxyl groups is 1. The fraction of sp³-hybridized carbons (Fsp3) is 0.538. The normalized spacial score (nSPS) is 17.7. The van der Waals surface area contributed by atoms with Gasteiger partial charge in [-0.05, 0) is 49.9 Å². The number of hydrogen-bond donors (Lipinski definition) is 2. The summed E-state index contributed by atoms with van der Waals surface area (Å²) in [6, 6.07) is 5.88. The number of carbonyl (C=O) groups excluding carboxylic acids is 1. The Balaban J connectivity index is 1.48. The van der Waals surface area contributed by atoms with E-state index in [-0.39, 0.29) is 17.4 Å².